The Kier molecular flexibility index (Phi) is 5.72. The van der Waals surface area contributed by atoms with Crippen molar-refractivity contribution in [3.05, 3.63) is 0 Å². The van der Waals surface area contributed by atoms with Gasteiger partial charge in [0, 0.05) is 24.9 Å². The molecule has 0 aromatic rings. The van der Waals surface area contributed by atoms with Gasteiger partial charge in [-0.3, -0.25) is 4.79 Å². The lowest BCUT2D eigenvalue weighted by Crippen LogP contribution is -2.52. The molecule has 5 heteroatoms. The van der Waals surface area contributed by atoms with Crippen LogP contribution in [0.4, 0.5) is 0 Å². The van der Waals surface area contributed by atoms with Gasteiger partial charge in [0.1, 0.15) is 12.6 Å². The van der Waals surface area contributed by atoms with Crippen molar-refractivity contribution in [3.8, 4) is 0 Å². The Bertz CT molecular complexity index is 278. The molecular formula is C11H19NO3S. The van der Waals surface area contributed by atoms with Crippen molar-refractivity contribution in [1.82, 2.24) is 4.90 Å². The standard InChI is InChI=1S/C11H19NO3S/c1-8(7-14)11(2,3)12(4)10(15)9(16)5-6-13/h6-9,16H,5H2,1-4H3. The molecule has 2 unspecified atom stereocenters. The fraction of sp³-hybridized carbons (Fsp3) is 0.727. The molecule has 0 N–H and O–H groups in total. The molecule has 0 saturated carbocycles. The van der Waals surface area contributed by atoms with E-state index in [-0.39, 0.29) is 18.2 Å². The monoisotopic (exact) mass is 245 g/mol. The van der Waals surface area contributed by atoms with Crippen molar-refractivity contribution in [1.29, 1.82) is 0 Å². The maximum absolute atomic E-state index is 11.9. The fourth-order valence-electron chi connectivity index (χ4n) is 1.17. The second-order valence-corrected chi connectivity index (χ2v) is 5.02. The molecule has 2 atom stereocenters. The number of carbonyl (C=O) groups is 3. The first kappa shape index (κ1) is 15.2. The Morgan fingerprint density at radius 1 is 1.44 bits per heavy atom. The predicted molar refractivity (Wildman–Crippen MR) is 65.5 cm³/mol. The van der Waals surface area contributed by atoms with Crippen molar-refractivity contribution in [3.63, 3.8) is 0 Å². The summed E-state index contributed by atoms with van der Waals surface area (Å²) in [5.41, 5.74) is -0.581. The first-order valence-electron chi connectivity index (χ1n) is 5.13. The zero-order chi connectivity index (χ0) is 12.9. The van der Waals surface area contributed by atoms with Crippen LogP contribution in [0.15, 0.2) is 0 Å². The molecule has 0 aliphatic carbocycles. The van der Waals surface area contributed by atoms with E-state index in [0.29, 0.717) is 6.29 Å². The summed E-state index contributed by atoms with van der Waals surface area (Å²) in [5, 5.41) is -0.638. The number of aldehydes is 2. The summed E-state index contributed by atoms with van der Waals surface area (Å²) in [4.78, 5) is 34.4. The minimum Gasteiger partial charge on any atom is -0.339 e. The molecular weight excluding hydrogens is 226 g/mol. The zero-order valence-electron chi connectivity index (χ0n) is 10.1. The molecule has 0 spiro atoms. The predicted octanol–water partition coefficient (Wildman–Crippen LogP) is 0.946. The van der Waals surface area contributed by atoms with E-state index in [1.54, 1.807) is 14.0 Å². The van der Waals surface area contributed by atoms with Crippen LogP contribution in [0.5, 0.6) is 0 Å². The van der Waals surface area contributed by atoms with Crippen molar-refractivity contribution in [2.24, 2.45) is 5.92 Å². The molecule has 0 aromatic heterocycles. The summed E-state index contributed by atoms with van der Waals surface area (Å²) in [7, 11) is 1.62. The molecule has 0 aliphatic rings. The summed E-state index contributed by atoms with van der Waals surface area (Å²) in [6.45, 7) is 5.38. The Morgan fingerprint density at radius 3 is 2.31 bits per heavy atom. The van der Waals surface area contributed by atoms with Gasteiger partial charge in [-0.15, -0.1) is 0 Å². The van der Waals surface area contributed by atoms with Crippen LogP contribution in [0, 0.1) is 5.92 Å². The van der Waals surface area contributed by atoms with Crippen LogP contribution in [0.2, 0.25) is 0 Å². The molecule has 0 aromatic carbocycles. The Labute approximate surface area is 102 Å². The number of thiol groups is 1. The minimum atomic E-state index is -0.638. The van der Waals surface area contributed by atoms with Crippen LogP contribution in [0.25, 0.3) is 0 Å². The highest BCUT2D eigenvalue weighted by atomic mass is 32.1. The molecule has 0 rings (SSSR count). The highest BCUT2D eigenvalue weighted by molar-refractivity contribution is 7.81. The summed E-state index contributed by atoms with van der Waals surface area (Å²) in [6.07, 6.45) is 1.56. The van der Waals surface area contributed by atoms with E-state index >= 15 is 0 Å². The maximum Gasteiger partial charge on any atom is 0.236 e. The number of hydrogen-bond donors (Lipinski definition) is 1. The molecule has 92 valence electrons. The van der Waals surface area contributed by atoms with Gasteiger partial charge in [-0.1, -0.05) is 6.92 Å². The lowest BCUT2D eigenvalue weighted by Gasteiger charge is -2.39. The summed E-state index contributed by atoms with van der Waals surface area (Å²) in [5.74, 6) is -0.521. The SMILES string of the molecule is CC(C=O)C(C)(C)N(C)C(=O)C(S)CC=O. The Hall–Kier alpha value is -0.840. The van der Waals surface area contributed by atoms with Crippen LogP contribution >= 0.6 is 12.6 Å². The van der Waals surface area contributed by atoms with Crippen molar-refractivity contribution in [2.45, 2.75) is 38.0 Å². The third kappa shape index (κ3) is 3.33. The highest BCUT2D eigenvalue weighted by Gasteiger charge is 2.34. The Balaban J connectivity index is 4.77. The van der Waals surface area contributed by atoms with Crippen LogP contribution in [0.3, 0.4) is 0 Å². The van der Waals surface area contributed by atoms with Crippen LogP contribution < -0.4 is 0 Å². The van der Waals surface area contributed by atoms with Gasteiger partial charge in [0.05, 0.1) is 5.25 Å². The van der Waals surface area contributed by atoms with Gasteiger partial charge in [-0.2, -0.15) is 12.6 Å². The number of nitrogens with zero attached hydrogens (tertiary/aromatic N) is 1. The molecule has 0 radical (unpaired) electrons. The van der Waals surface area contributed by atoms with E-state index in [1.807, 2.05) is 13.8 Å². The third-order valence-corrected chi connectivity index (χ3v) is 3.55. The molecule has 0 bridgehead atoms. The Morgan fingerprint density at radius 2 is 1.94 bits per heavy atom. The van der Waals surface area contributed by atoms with E-state index in [9.17, 15) is 14.4 Å². The molecule has 0 fully saturated rings. The maximum atomic E-state index is 11.9. The van der Waals surface area contributed by atoms with Gasteiger partial charge in [0.2, 0.25) is 5.91 Å². The molecule has 0 heterocycles. The molecule has 16 heavy (non-hydrogen) atoms. The molecule has 0 saturated heterocycles. The normalized spacial score (nSPS) is 15.1. The largest absolute Gasteiger partial charge is 0.339 e. The zero-order valence-corrected chi connectivity index (χ0v) is 11.0. The smallest absolute Gasteiger partial charge is 0.236 e. The van der Waals surface area contributed by atoms with Crippen LogP contribution in [-0.4, -0.2) is 41.2 Å². The number of rotatable bonds is 6. The second kappa shape index (κ2) is 6.03. The minimum absolute atomic E-state index is 0.0812. The topological polar surface area (TPSA) is 54.5 Å². The number of hydrogen-bond acceptors (Lipinski definition) is 4. The average Bonchev–Trinajstić information content (AvgIpc) is 2.25. The molecule has 4 nitrogen and oxygen atoms in total. The third-order valence-electron chi connectivity index (χ3n) is 3.12. The lowest BCUT2D eigenvalue weighted by atomic mass is 9.88. The first-order valence-corrected chi connectivity index (χ1v) is 5.65. The highest BCUT2D eigenvalue weighted by Crippen LogP contribution is 2.23. The molecule has 0 aliphatic heterocycles. The van der Waals surface area contributed by atoms with Gasteiger partial charge in [-0.25, -0.2) is 0 Å². The number of carbonyl (C=O) groups excluding carboxylic acids is 3. The molecule has 1 amide bonds. The quantitative estimate of drug-likeness (QED) is 0.560. The van der Waals surface area contributed by atoms with Gasteiger partial charge in [-0.05, 0) is 13.8 Å². The average molecular weight is 245 g/mol. The van der Waals surface area contributed by atoms with Gasteiger partial charge >= 0.3 is 0 Å². The van der Waals surface area contributed by atoms with Gasteiger partial charge < -0.3 is 14.5 Å². The van der Waals surface area contributed by atoms with Crippen LogP contribution in [0.1, 0.15) is 27.2 Å². The van der Waals surface area contributed by atoms with E-state index < -0.39 is 10.8 Å². The van der Waals surface area contributed by atoms with E-state index in [1.165, 1.54) is 4.90 Å². The summed E-state index contributed by atoms with van der Waals surface area (Å²) in [6, 6.07) is 0. The lowest BCUT2D eigenvalue weighted by molar-refractivity contribution is -0.137. The van der Waals surface area contributed by atoms with Gasteiger partial charge in [0.25, 0.3) is 0 Å². The summed E-state index contributed by atoms with van der Waals surface area (Å²) >= 11 is 4.06. The van der Waals surface area contributed by atoms with Crippen LogP contribution in [-0.2, 0) is 14.4 Å². The summed E-state index contributed by atoms with van der Waals surface area (Å²) < 4.78 is 0. The van der Waals surface area contributed by atoms with E-state index in [0.717, 1.165) is 6.29 Å². The fourth-order valence-corrected chi connectivity index (χ4v) is 1.43. The van der Waals surface area contributed by atoms with Crippen molar-refractivity contribution in [2.75, 3.05) is 7.05 Å². The van der Waals surface area contributed by atoms with Crippen molar-refractivity contribution >= 4 is 31.1 Å². The second-order valence-electron chi connectivity index (χ2n) is 4.39. The van der Waals surface area contributed by atoms with E-state index in [4.69, 9.17) is 0 Å². The number of amides is 1. The van der Waals surface area contributed by atoms with Gasteiger partial charge in [0.15, 0.2) is 0 Å². The first-order chi connectivity index (χ1) is 7.28. The van der Waals surface area contributed by atoms with Crippen molar-refractivity contribution < 1.29 is 14.4 Å². The van der Waals surface area contributed by atoms with E-state index in [2.05, 4.69) is 12.6 Å².